The molecule has 0 saturated carbocycles. The minimum atomic E-state index is -3.91. The predicted molar refractivity (Wildman–Crippen MR) is 49.7 cm³/mol. The van der Waals surface area contributed by atoms with Crippen LogP contribution >= 0.6 is 16.3 Å². The van der Waals surface area contributed by atoms with Crippen molar-refractivity contribution in [2.24, 2.45) is 0 Å². The van der Waals surface area contributed by atoms with E-state index < -0.39 is 20.2 Å². The van der Waals surface area contributed by atoms with Crippen LogP contribution in [0.1, 0.15) is 13.8 Å². The van der Waals surface area contributed by atoms with Gasteiger partial charge in [-0.2, -0.15) is 11.7 Å². The quantitative estimate of drug-likeness (QED) is 0.412. The van der Waals surface area contributed by atoms with Gasteiger partial charge in [-0.15, -0.1) is 0 Å². The van der Waals surface area contributed by atoms with Crippen LogP contribution < -0.4 is 29.6 Å². The molecular weight excluding hydrogens is 311 g/mol. The van der Waals surface area contributed by atoms with Gasteiger partial charge in [0.25, 0.3) is 10.1 Å². The van der Waals surface area contributed by atoms with Gasteiger partial charge in [0.15, 0.2) is 0 Å². The summed E-state index contributed by atoms with van der Waals surface area (Å²) < 4.78 is 52.4. The van der Waals surface area contributed by atoms with E-state index in [1.54, 1.807) is 0 Å². The summed E-state index contributed by atoms with van der Waals surface area (Å²) in [5.41, 5.74) is 0. The molecule has 0 amide bonds. The van der Waals surface area contributed by atoms with Crippen molar-refractivity contribution >= 4 is 36.5 Å². The largest absolute Gasteiger partial charge is 1.00 e. The molecule has 0 aromatic rings. The van der Waals surface area contributed by atoms with E-state index in [0.717, 1.165) is 0 Å². The molecule has 10 heteroatoms. The molecule has 0 aromatic heterocycles. The van der Waals surface area contributed by atoms with Crippen LogP contribution in [0.5, 0.6) is 0 Å². The SMILES string of the molecule is CCS(=O)(=O)OBr.CCS(=O)(=O)[O-].[Na+]. The van der Waals surface area contributed by atoms with Gasteiger partial charge in [0, 0.05) is 5.75 Å². The van der Waals surface area contributed by atoms with Crippen molar-refractivity contribution in [3.63, 3.8) is 0 Å². The van der Waals surface area contributed by atoms with E-state index in [2.05, 4.69) is 19.5 Å². The molecule has 0 aliphatic rings. The van der Waals surface area contributed by atoms with Gasteiger partial charge in [0.05, 0.1) is 15.9 Å². The van der Waals surface area contributed by atoms with Gasteiger partial charge >= 0.3 is 29.6 Å². The van der Waals surface area contributed by atoms with Gasteiger partial charge in [-0.25, -0.2) is 8.42 Å². The molecule has 0 fully saturated rings. The molecule has 0 heterocycles. The maximum Gasteiger partial charge on any atom is 1.00 e. The van der Waals surface area contributed by atoms with Crippen molar-refractivity contribution < 1.29 is 54.2 Å². The molecular formula is C4H10BrNaO6S2. The molecule has 0 unspecified atom stereocenters. The van der Waals surface area contributed by atoms with Crippen LogP contribution in [-0.4, -0.2) is 32.9 Å². The van der Waals surface area contributed by atoms with Crippen LogP contribution in [-0.2, 0) is 23.5 Å². The molecule has 0 aromatic carbocycles. The second-order valence-corrected chi connectivity index (χ2v) is 6.06. The van der Waals surface area contributed by atoms with E-state index in [1.807, 2.05) is 0 Å². The summed E-state index contributed by atoms with van der Waals surface area (Å²) in [6, 6.07) is 0. The average molecular weight is 321 g/mol. The van der Waals surface area contributed by atoms with E-state index in [4.69, 9.17) is 0 Å². The average Bonchev–Trinajstić information content (AvgIpc) is 2.04. The van der Waals surface area contributed by atoms with Gasteiger partial charge in [-0.05, 0) is 6.92 Å². The standard InChI is InChI=1S/C2H5BrO3S.C2H6O3S.Na/c1-2-7(4,5)6-3;1-2-6(3,4)5;/h2H2,1H3;2H2,1H3,(H,3,4,5);/q;;+1/p-1. The van der Waals surface area contributed by atoms with E-state index in [0.29, 0.717) is 0 Å². The fourth-order valence-electron chi connectivity index (χ4n) is 0.0445. The van der Waals surface area contributed by atoms with Crippen molar-refractivity contribution in [1.82, 2.24) is 0 Å². The molecule has 82 valence electrons. The van der Waals surface area contributed by atoms with Crippen LogP contribution in [0, 0.1) is 0 Å². The topological polar surface area (TPSA) is 101 Å². The minimum Gasteiger partial charge on any atom is -0.748 e. The summed E-state index contributed by atoms with van der Waals surface area (Å²) in [4.78, 5) is 0. The Bertz CT molecular complexity index is 299. The van der Waals surface area contributed by atoms with Crippen LogP contribution in [0.4, 0.5) is 0 Å². The van der Waals surface area contributed by atoms with Crippen molar-refractivity contribution in [2.45, 2.75) is 13.8 Å². The number of halogens is 1. The summed E-state index contributed by atoms with van der Waals surface area (Å²) in [6.45, 7) is 2.80. The molecule has 0 aliphatic carbocycles. The van der Waals surface area contributed by atoms with E-state index in [9.17, 15) is 21.4 Å². The Hall–Kier alpha value is 1.30. The van der Waals surface area contributed by atoms with Crippen molar-refractivity contribution in [1.29, 1.82) is 0 Å². The van der Waals surface area contributed by atoms with Gasteiger partial charge in [0.1, 0.15) is 16.3 Å². The number of rotatable bonds is 3. The molecule has 0 spiro atoms. The Morgan fingerprint density at radius 1 is 1.14 bits per heavy atom. The van der Waals surface area contributed by atoms with Crippen LogP contribution in [0.2, 0.25) is 0 Å². The van der Waals surface area contributed by atoms with Gasteiger partial charge in [0.2, 0.25) is 0 Å². The summed E-state index contributed by atoms with van der Waals surface area (Å²) in [5.74, 6) is -0.314. The molecule has 0 N–H and O–H groups in total. The molecule has 6 nitrogen and oxygen atoms in total. The predicted octanol–water partition coefficient (Wildman–Crippen LogP) is -2.78. The second kappa shape index (κ2) is 9.52. The Balaban J connectivity index is -0.000000163. The van der Waals surface area contributed by atoms with Crippen molar-refractivity contribution in [3.8, 4) is 0 Å². The third-order valence-electron chi connectivity index (χ3n) is 0.803. The third kappa shape index (κ3) is 19.0. The van der Waals surface area contributed by atoms with Crippen molar-refractivity contribution in [2.75, 3.05) is 11.5 Å². The van der Waals surface area contributed by atoms with Gasteiger partial charge in [-0.3, -0.25) is 0 Å². The maximum absolute atomic E-state index is 10.1. The van der Waals surface area contributed by atoms with Crippen LogP contribution in [0.25, 0.3) is 0 Å². The normalized spacial score (nSPS) is 10.9. The van der Waals surface area contributed by atoms with E-state index in [-0.39, 0.29) is 41.1 Å². The van der Waals surface area contributed by atoms with E-state index >= 15 is 0 Å². The molecule has 0 radical (unpaired) electrons. The van der Waals surface area contributed by atoms with Gasteiger partial charge < -0.3 is 4.55 Å². The van der Waals surface area contributed by atoms with E-state index in [1.165, 1.54) is 13.8 Å². The molecule has 0 rings (SSSR count). The monoisotopic (exact) mass is 320 g/mol. The molecule has 0 saturated heterocycles. The smallest absolute Gasteiger partial charge is 0.748 e. The zero-order valence-corrected chi connectivity index (χ0v) is 13.3. The summed E-state index contributed by atoms with van der Waals surface area (Å²) in [6.07, 6.45) is 0. The minimum absolute atomic E-state index is 0. The fraction of sp³-hybridized carbons (Fsp3) is 1.00. The van der Waals surface area contributed by atoms with Gasteiger partial charge in [-0.1, -0.05) is 6.92 Å². The zero-order valence-electron chi connectivity index (χ0n) is 8.06. The fourth-order valence-corrected chi connectivity index (χ4v) is 0.694. The molecule has 0 atom stereocenters. The third-order valence-corrected chi connectivity index (χ3v) is 3.62. The summed E-state index contributed by atoms with van der Waals surface area (Å²) >= 11 is 2.34. The summed E-state index contributed by atoms with van der Waals surface area (Å²) in [7, 11) is -7.15. The Morgan fingerprint density at radius 3 is 1.43 bits per heavy atom. The van der Waals surface area contributed by atoms with Crippen LogP contribution in [0.15, 0.2) is 0 Å². The Kier molecular flexibility index (Phi) is 14.1. The maximum atomic E-state index is 10.1. The Morgan fingerprint density at radius 2 is 1.43 bits per heavy atom. The summed E-state index contributed by atoms with van der Waals surface area (Å²) in [5, 5.41) is 0. The second-order valence-electron chi connectivity index (χ2n) is 1.76. The molecule has 0 bridgehead atoms. The number of hydrogen-bond acceptors (Lipinski definition) is 6. The first-order valence-corrected chi connectivity index (χ1v) is 6.95. The number of hydrogen-bond donors (Lipinski definition) is 0. The zero-order chi connectivity index (χ0) is 11.1. The van der Waals surface area contributed by atoms with Crippen LogP contribution in [0.3, 0.4) is 0 Å². The molecule has 14 heavy (non-hydrogen) atoms. The molecule has 0 aliphatic heterocycles. The van der Waals surface area contributed by atoms with Crippen molar-refractivity contribution in [3.05, 3.63) is 0 Å². The Labute approximate surface area is 115 Å². The first-order valence-electron chi connectivity index (χ1n) is 3.15. The first kappa shape index (κ1) is 20.7. The first-order chi connectivity index (χ1) is 5.68.